The molecular weight excluding hydrogens is 362 g/mol. The van der Waals surface area contributed by atoms with E-state index in [1.165, 1.54) is 7.11 Å². The Hall–Kier alpha value is -2.69. The van der Waals surface area contributed by atoms with Gasteiger partial charge in [0.2, 0.25) is 0 Å². The number of rotatable bonds is 4. The van der Waals surface area contributed by atoms with Gasteiger partial charge in [0, 0.05) is 21.7 Å². The normalized spacial score (nSPS) is 9.84. The zero-order valence-electron chi connectivity index (χ0n) is 13.4. The highest BCUT2D eigenvalue weighted by molar-refractivity contribution is 8.03. The predicted octanol–water partition coefficient (Wildman–Crippen LogP) is 3.81. The number of hydrogen-bond acceptors (Lipinski definition) is 5. The molecule has 0 bridgehead atoms. The summed E-state index contributed by atoms with van der Waals surface area (Å²) in [5.74, 6) is -1.31. The number of nitrogens with zero attached hydrogens (tertiary/aromatic N) is 1. The number of halogens is 1. The molecule has 2 N–H and O–H groups in total. The molecule has 6 nitrogen and oxygen atoms in total. The summed E-state index contributed by atoms with van der Waals surface area (Å²) in [5.41, 5.74) is 1.54. The standard InChI is InChI=1S/C17H14ClN3O3S/c1-10-7-14(15(24-2)8-13(10)18)21-17(23)16(22)20-11-3-5-12(6-4-11)25-9-19/h3-8H,1-2H3,(H,20,22)(H,21,23). The molecule has 0 atom stereocenters. The number of aryl methyl sites for hydroxylation is 1. The third-order valence-corrected chi connectivity index (χ3v) is 4.22. The van der Waals surface area contributed by atoms with Crippen LogP contribution < -0.4 is 15.4 Å². The second-order valence-corrected chi connectivity index (χ2v) is 6.19. The van der Waals surface area contributed by atoms with Gasteiger partial charge in [-0.05, 0) is 54.6 Å². The fraction of sp³-hybridized carbons (Fsp3) is 0.118. The molecule has 0 radical (unpaired) electrons. The number of thiocyanates is 1. The minimum absolute atomic E-state index is 0.352. The van der Waals surface area contributed by atoms with Crippen molar-refractivity contribution in [2.45, 2.75) is 11.8 Å². The van der Waals surface area contributed by atoms with Crippen LogP contribution in [0.5, 0.6) is 5.75 Å². The van der Waals surface area contributed by atoms with Crippen molar-refractivity contribution in [3.8, 4) is 11.2 Å². The molecule has 0 fully saturated rings. The Morgan fingerprint density at radius 2 is 1.80 bits per heavy atom. The van der Waals surface area contributed by atoms with Crippen molar-refractivity contribution < 1.29 is 14.3 Å². The van der Waals surface area contributed by atoms with Gasteiger partial charge in [0.15, 0.2) is 0 Å². The van der Waals surface area contributed by atoms with E-state index in [9.17, 15) is 9.59 Å². The minimum atomic E-state index is -0.838. The Morgan fingerprint density at radius 1 is 1.16 bits per heavy atom. The van der Waals surface area contributed by atoms with Crippen LogP contribution >= 0.6 is 23.4 Å². The van der Waals surface area contributed by atoms with Gasteiger partial charge in [0.1, 0.15) is 11.2 Å². The van der Waals surface area contributed by atoms with E-state index in [1.807, 2.05) is 5.40 Å². The maximum atomic E-state index is 12.1. The lowest BCUT2D eigenvalue weighted by Crippen LogP contribution is -2.29. The molecule has 0 saturated heterocycles. The van der Waals surface area contributed by atoms with Crippen molar-refractivity contribution in [2.24, 2.45) is 0 Å². The Balaban J connectivity index is 2.07. The first-order valence-corrected chi connectivity index (χ1v) is 8.26. The number of carbonyl (C=O) groups excluding carboxylic acids is 2. The van der Waals surface area contributed by atoms with Crippen molar-refractivity contribution in [3.05, 3.63) is 47.0 Å². The highest BCUT2D eigenvalue weighted by Crippen LogP contribution is 2.30. The first-order chi connectivity index (χ1) is 11.9. The van der Waals surface area contributed by atoms with Gasteiger partial charge in [-0.15, -0.1) is 0 Å². The van der Waals surface area contributed by atoms with E-state index >= 15 is 0 Å². The van der Waals surface area contributed by atoms with Gasteiger partial charge in [0.25, 0.3) is 0 Å². The summed E-state index contributed by atoms with van der Waals surface area (Å²) in [6.07, 6.45) is 0. The van der Waals surface area contributed by atoms with Crippen LogP contribution in [0.1, 0.15) is 5.56 Å². The van der Waals surface area contributed by atoms with E-state index in [2.05, 4.69) is 10.6 Å². The number of amides is 2. The molecule has 25 heavy (non-hydrogen) atoms. The zero-order chi connectivity index (χ0) is 18.4. The average molecular weight is 376 g/mol. The largest absolute Gasteiger partial charge is 0.495 e. The number of methoxy groups -OCH3 is 1. The Kier molecular flexibility index (Phi) is 6.28. The number of nitriles is 1. The first-order valence-electron chi connectivity index (χ1n) is 7.07. The van der Waals surface area contributed by atoms with Crippen molar-refractivity contribution in [2.75, 3.05) is 17.7 Å². The quantitative estimate of drug-likeness (QED) is 0.481. The topological polar surface area (TPSA) is 91.2 Å². The average Bonchev–Trinajstić information content (AvgIpc) is 2.59. The summed E-state index contributed by atoms with van der Waals surface area (Å²) in [6.45, 7) is 1.78. The van der Waals surface area contributed by atoms with Crippen LogP contribution in [-0.4, -0.2) is 18.9 Å². The van der Waals surface area contributed by atoms with Crippen molar-refractivity contribution in [3.63, 3.8) is 0 Å². The van der Waals surface area contributed by atoms with Crippen LogP contribution in [0.3, 0.4) is 0 Å². The van der Waals surface area contributed by atoms with Gasteiger partial charge in [-0.2, -0.15) is 5.26 Å². The van der Waals surface area contributed by atoms with Crippen LogP contribution in [0.25, 0.3) is 0 Å². The molecule has 2 aromatic carbocycles. The van der Waals surface area contributed by atoms with E-state index in [4.69, 9.17) is 21.6 Å². The molecule has 0 spiro atoms. The molecule has 2 aromatic rings. The molecule has 0 aliphatic carbocycles. The Labute approximate surface area is 154 Å². The molecule has 0 unspecified atom stereocenters. The van der Waals surface area contributed by atoms with Gasteiger partial charge in [-0.1, -0.05) is 11.6 Å². The molecular formula is C17H14ClN3O3S. The maximum absolute atomic E-state index is 12.1. The second-order valence-electron chi connectivity index (χ2n) is 4.93. The monoisotopic (exact) mass is 375 g/mol. The number of anilines is 2. The third-order valence-electron chi connectivity index (χ3n) is 3.21. The summed E-state index contributed by atoms with van der Waals surface area (Å²) in [5, 5.41) is 16.0. The number of thioether (sulfide) groups is 1. The summed E-state index contributed by atoms with van der Waals surface area (Å²) >= 11 is 7.02. The van der Waals surface area contributed by atoms with Gasteiger partial charge in [-0.25, -0.2) is 0 Å². The van der Waals surface area contributed by atoms with Crippen LogP contribution in [-0.2, 0) is 9.59 Å². The molecule has 128 valence electrons. The molecule has 0 heterocycles. The second kappa shape index (κ2) is 8.42. The van der Waals surface area contributed by atoms with E-state index < -0.39 is 11.8 Å². The van der Waals surface area contributed by atoms with E-state index in [0.717, 1.165) is 22.2 Å². The molecule has 0 aromatic heterocycles. The molecule has 0 saturated carbocycles. The van der Waals surface area contributed by atoms with E-state index in [1.54, 1.807) is 43.3 Å². The number of ether oxygens (including phenoxy) is 1. The van der Waals surface area contributed by atoms with Crippen LogP contribution in [0.4, 0.5) is 11.4 Å². The van der Waals surface area contributed by atoms with Gasteiger partial charge in [-0.3, -0.25) is 9.59 Å². The van der Waals surface area contributed by atoms with Crippen molar-refractivity contribution in [1.29, 1.82) is 5.26 Å². The van der Waals surface area contributed by atoms with Crippen LogP contribution in [0, 0.1) is 17.6 Å². The number of benzene rings is 2. The Morgan fingerprint density at radius 3 is 2.40 bits per heavy atom. The summed E-state index contributed by atoms with van der Waals surface area (Å²) in [7, 11) is 1.44. The molecule has 2 rings (SSSR count). The Bertz CT molecular complexity index is 847. The summed E-state index contributed by atoms with van der Waals surface area (Å²) < 4.78 is 5.16. The SMILES string of the molecule is COc1cc(Cl)c(C)cc1NC(=O)C(=O)Nc1ccc(SC#N)cc1. The third kappa shape index (κ3) is 4.89. The summed E-state index contributed by atoms with van der Waals surface area (Å²) in [6, 6.07) is 9.76. The fourth-order valence-corrected chi connectivity index (χ4v) is 2.49. The fourth-order valence-electron chi connectivity index (χ4n) is 1.96. The molecule has 8 heteroatoms. The van der Waals surface area contributed by atoms with Crippen LogP contribution in [0.2, 0.25) is 5.02 Å². The van der Waals surface area contributed by atoms with Gasteiger partial charge < -0.3 is 15.4 Å². The van der Waals surface area contributed by atoms with Crippen molar-refractivity contribution >= 4 is 46.6 Å². The van der Waals surface area contributed by atoms with Crippen LogP contribution in [0.15, 0.2) is 41.3 Å². The maximum Gasteiger partial charge on any atom is 0.314 e. The highest BCUT2D eigenvalue weighted by atomic mass is 35.5. The van der Waals surface area contributed by atoms with Gasteiger partial charge >= 0.3 is 11.8 Å². The highest BCUT2D eigenvalue weighted by Gasteiger charge is 2.17. The number of nitrogens with one attached hydrogen (secondary N) is 2. The molecule has 2 amide bonds. The first kappa shape index (κ1) is 18.6. The zero-order valence-corrected chi connectivity index (χ0v) is 15.0. The predicted molar refractivity (Wildman–Crippen MR) is 97.9 cm³/mol. The summed E-state index contributed by atoms with van der Waals surface area (Å²) in [4.78, 5) is 24.9. The lowest BCUT2D eigenvalue weighted by atomic mass is 10.2. The lowest BCUT2D eigenvalue weighted by Gasteiger charge is -2.12. The molecule has 0 aliphatic heterocycles. The number of carbonyl (C=O) groups is 2. The smallest absolute Gasteiger partial charge is 0.314 e. The van der Waals surface area contributed by atoms with E-state index in [0.29, 0.717) is 22.1 Å². The lowest BCUT2D eigenvalue weighted by molar-refractivity contribution is -0.133. The minimum Gasteiger partial charge on any atom is -0.495 e. The molecule has 0 aliphatic rings. The van der Waals surface area contributed by atoms with E-state index in [-0.39, 0.29) is 0 Å². The van der Waals surface area contributed by atoms with Gasteiger partial charge in [0.05, 0.1) is 12.8 Å². The number of hydrogen-bond donors (Lipinski definition) is 2. The van der Waals surface area contributed by atoms with Crippen molar-refractivity contribution in [1.82, 2.24) is 0 Å².